The molecule has 0 bridgehead atoms. The van der Waals surface area contributed by atoms with Crippen molar-refractivity contribution in [3.8, 4) is 5.75 Å². The van der Waals surface area contributed by atoms with Crippen molar-refractivity contribution < 1.29 is 14.3 Å². The highest BCUT2D eigenvalue weighted by Gasteiger charge is 2.09. The summed E-state index contributed by atoms with van der Waals surface area (Å²) in [7, 11) is 0. The van der Waals surface area contributed by atoms with Gasteiger partial charge in [0.15, 0.2) is 0 Å². The molecule has 29 heavy (non-hydrogen) atoms. The van der Waals surface area contributed by atoms with Crippen molar-refractivity contribution in [2.45, 2.75) is 19.3 Å². The molecule has 0 atom stereocenters. The number of aromatic nitrogens is 1. The monoisotopic (exact) mass is 404 g/mol. The van der Waals surface area contributed by atoms with Crippen LogP contribution in [0.5, 0.6) is 5.75 Å². The Hall–Kier alpha value is -3.38. The molecule has 0 radical (unpaired) electrons. The Balaban J connectivity index is 1.25. The zero-order valence-electron chi connectivity index (χ0n) is 15.7. The number of amides is 1. The second-order valence-corrected chi connectivity index (χ2v) is 7.59. The largest absolute Gasteiger partial charge is 0.427 e. The molecule has 4 rings (SSSR count). The van der Waals surface area contributed by atoms with Crippen LogP contribution in [0.3, 0.4) is 0 Å². The third-order valence-electron chi connectivity index (χ3n) is 4.59. The minimum atomic E-state index is -0.264. The number of ether oxygens (including phenoxy) is 1. The quantitative estimate of drug-likeness (QED) is 0.320. The predicted octanol–water partition coefficient (Wildman–Crippen LogP) is 5.41. The van der Waals surface area contributed by atoms with Crippen molar-refractivity contribution in [1.29, 1.82) is 0 Å². The van der Waals surface area contributed by atoms with Crippen molar-refractivity contribution in [3.05, 3.63) is 82.7 Å². The van der Waals surface area contributed by atoms with Crippen LogP contribution in [0.2, 0.25) is 0 Å². The van der Waals surface area contributed by atoms with E-state index >= 15 is 0 Å². The van der Waals surface area contributed by atoms with Gasteiger partial charge in [-0.15, -0.1) is 11.3 Å². The van der Waals surface area contributed by atoms with Crippen LogP contribution in [-0.4, -0.2) is 16.9 Å². The smallest absolute Gasteiger partial charge is 0.311 e. The normalized spacial score (nSPS) is 10.8. The number of hydrogen-bond acceptors (Lipinski definition) is 4. The van der Waals surface area contributed by atoms with E-state index in [-0.39, 0.29) is 11.9 Å². The Morgan fingerprint density at radius 2 is 1.83 bits per heavy atom. The number of rotatable bonds is 7. The number of aromatic amines is 1. The first-order chi connectivity index (χ1) is 14.2. The number of anilines is 1. The number of thiophene rings is 1. The molecule has 2 heterocycles. The van der Waals surface area contributed by atoms with E-state index in [0.717, 1.165) is 18.4 Å². The molecule has 0 aliphatic heterocycles. The van der Waals surface area contributed by atoms with Crippen molar-refractivity contribution in [1.82, 2.24) is 4.98 Å². The first-order valence-corrected chi connectivity index (χ1v) is 10.3. The van der Waals surface area contributed by atoms with E-state index in [4.69, 9.17) is 4.74 Å². The Bertz CT molecular complexity index is 1110. The number of para-hydroxylation sites is 1. The molecule has 0 aliphatic rings. The fraction of sp³-hybridized carbons (Fsp3) is 0.130. The third-order valence-corrected chi connectivity index (χ3v) is 5.46. The topological polar surface area (TPSA) is 71.2 Å². The summed E-state index contributed by atoms with van der Waals surface area (Å²) < 4.78 is 5.40. The molecule has 2 aromatic carbocycles. The first-order valence-electron chi connectivity index (χ1n) is 9.39. The number of carbonyl (C=O) groups is 2. The molecule has 0 spiro atoms. The van der Waals surface area contributed by atoms with Crippen molar-refractivity contribution in [2.24, 2.45) is 0 Å². The van der Waals surface area contributed by atoms with Crippen molar-refractivity contribution in [3.63, 3.8) is 0 Å². The van der Waals surface area contributed by atoms with Gasteiger partial charge in [-0.1, -0.05) is 24.3 Å². The van der Waals surface area contributed by atoms with E-state index in [9.17, 15) is 9.59 Å². The van der Waals surface area contributed by atoms with Crippen LogP contribution in [0.15, 0.2) is 72.2 Å². The number of benzene rings is 2. The third kappa shape index (κ3) is 4.73. The molecule has 0 aliphatic carbocycles. The highest BCUT2D eigenvalue weighted by Crippen LogP contribution is 2.21. The van der Waals surface area contributed by atoms with E-state index in [0.29, 0.717) is 22.7 Å². The average molecular weight is 404 g/mol. The van der Waals surface area contributed by atoms with Gasteiger partial charge in [0.05, 0.1) is 4.88 Å². The summed E-state index contributed by atoms with van der Waals surface area (Å²) in [4.78, 5) is 28.1. The number of H-pyrrole nitrogens is 1. The summed E-state index contributed by atoms with van der Waals surface area (Å²) in [5.41, 5.74) is 2.97. The molecular weight excluding hydrogens is 384 g/mol. The fourth-order valence-electron chi connectivity index (χ4n) is 3.15. The van der Waals surface area contributed by atoms with Crippen LogP contribution in [-0.2, 0) is 11.2 Å². The molecule has 0 unspecified atom stereocenters. The summed E-state index contributed by atoms with van der Waals surface area (Å²) in [5.74, 6) is 0.0541. The summed E-state index contributed by atoms with van der Waals surface area (Å²) in [6.45, 7) is 0. The minimum absolute atomic E-state index is 0.151. The molecule has 4 aromatic rings. The van der Waals surface area contributed by atoms with Crippen molar-refractivity contribution in [2.75, 3.05) is 5.32 Å². The lowest BCUT2D eigenvalue weighted by Crippen LogP contribution is -2.10. The van der Waals surface area contributed by atoms with Gasteiger partial charge in [0.2, 0.25) is 0 Å². The standard InChI is InChI=1S/C23H20N2O3S/c26-22(9-3-5-16-15-24-20-7-2-1-6-19(16)20)28-18-12-10-17(11-13-18)25-23(27)21-8-4-14-29-21/h1-2,4,6-8,10-15,24H,3,5,9H2,(H,25,27). The number of hydrogen-bond donors (Lipinski definition) is 2. The van der Waals surface area contributed by atoms with E-state index in [1.165, 1.54) is 22.3 Å². The van der Waals surface area contributed by atoms with Crippen LogP contribution < -0.4 is 10.1 Å². The molecule has 2 N–H and O–H groups in total. The highest BCUT2D eigenvalue weighted by atomic mass is 32.1. The predicted molar refractivity (Wildman–Crippen MR) is 116 cm³/mol. The maximum atomic E-state index is 12.1. The number of aryl methyl sites for hydroxylation is 1. The maximum absolute atomic E-state index is 12.1. The summed E-state index contributed by atoms with van der Waals surface area (Å²) in [6.07, 6.45) is 3.87. The molecule has 1 amide bonds. The molecular formula is C23H20N2O3S. The highest BCUT2D eigenvalue weighted by molar-refractivity contribution is 7.12. The number of esters is 1. The van der Waals surface area contributed by atoms with Crippen LogP contribution in [0, 0.1) is 0 Å². The molecule has 0 saturated carbocycles. The van der Waals surface area contributed by atoms with Gasteiger partial charge in [0.25, 0.3) is 5.91 Å². The minimum Gasteiger partial charge on any atom is -0.427 e. The lowest BCUT2D eigenvalue weighted by molar-refractivity contribution is -0.134. The van der Waals surface area contributed by atoms with Crippen LogP contribution >= 0.6 is 11.3 Å². The number of fused-ring (bicyclic) bond motifs is 1. The van der Waals surface area contributed by atoms with Gasteiger partial charge in [-0.2, -0.15) is 0 Å². The Kier molecular flexibility index (Phi) is 5.72. The van der Waals surface area contributed by atoms with Crippen LogP contribution in [0.25, 0.3) is 10.9 Å². The second kappa shape index (κ2) is 8.75. The number of nitrogens with one attached hydrogen (secondary N) is 2. The van der Waals surface area contributed by atoms with Gasteiger partial charge in [0.1, 0.15) is 5.75 Å². The summed E-state index contributed by atoms with van der Waals surface area (Å²) in [5, 5.41) is 5.87. The van der Waals surface area contributed by atoms with E-state index in [1.54, 1.807) is 30.3 Å². The van der Waals surface area contributed by atoms with Gasteiger partial charge in [-0.25, -0.2) is 0 Å². The van der Waals surface area contributed by atoms with Gasteiger partial charge in [-0.3, -0.25) is 9.59 Å². The molecule has 0 fully saturated rings. The van der Waals surface area contributed by atoms with Gasteiger partial charge >= 0.3 is 5.97 Å². The van der Waals surface area contributed by atoms with E-state index < -0.39 is 0 Å². The average Bonchev–Trinajstić information content (AvgIpc) is 3.40. The zero-order chi connectivity index (χ0) is 20.1. The van der Waals surface area contributed by atoms with Gasteiger partial charge in [-0.05, 0) is 60.2 Å². The lowest BCUT2D eigenvalue weighted by atomic mass is 10.1. The van der Waals surface area contributed by atoms with Gasteiger partial charge in [0, 0.05) is 29.2 Å². The van der Waals surface area contributed by atoms with Crippen LogP contribution in [0.1, 0.15) is 28.1 Å². The van der Waals surface area contributed by atoms with Gasteiger partial charge < -0.3 is 15.0 Å². The summed E-state index contributed by atoms with van der Waals surface area (Å²) in [6, 6.07) is 18.5. The SMILES string of the molecule is O=C(CCCc1c[nH]c2ccccc12)Oc1ccc(NC(=O)c2cccs2)cc1. The molecule has 146 valence electrons. The Labute approximate surface area is 172 Å². The van der Waals surface area contributed by atoms with E-state index in [1.807, 2.05) is 35.8 Å². The Morgan fingerprint density at radius 1 is 1.00 bits per heavy atom. The fourth-order valence-corrected chi connectivity index (χ4v) is 3.77. The molecule has 6 heteroatoms. The first kappa shape index (κ1) is 19.0. The van der Waals surface area contributed by atoms with Crippen molar-refractivity contribution >= 4 is 39.8 Å². The summed E-state index contributed by atoms with van der Waals surface area (Å²) >= 11 is 1.39. The Morgan fingerprint density at radius 3 is 2.62 bits per heavy atom. The van der Waals surface area contributed by atoms with Crippen LogP contribution in [0.4, 0.5) is 5.69 Å². The lowest BCUT2D eigenvalue weighted by Gasteiger charge is -2.07. The number of carbonyl (C=O) groups excluding carboxylic acids is 2. The molecule has 2 aromatic heterocycles. The molecule has 5 nitrogen and oxygen atoms in total. The molecule has 0 saturated heterocycles. The maximum Gasteiger partial charge on any atom is 0.311 e. The second-order valence-electron chi connectivity index (χ2n) is 6.64. The van der Waals surface area contributed by atoms with E-state index in [2.05, 4.69) is 16.4 Å². The zero-order valence-corrected chi connectivity index (χ0v) is 16.5.